The second-order valence-corrected chi connectivity index (χ2v) is 8.25. The van der Waals surface area contributed by atoms with Gasteiger partial charge in [0.15, 0.2) is 15.6 Å². The first-order chi connectivity index (χ1) is 9.73. The minimum atomic E-state index is -3.22. The molecule has 0 atom stereocenters. The van der Waals surface area contributed by atoms with E-state index in [2.05, 4.69) is 4.90 Å². The fourth-order valence-electron chi connectivity index (χ4n) is 2.80. The molecule has 4 nitrogen and oxygen atoms in total. The second kappa shape index (κ2) is 5.89. The van der Waals surface area contributed by atoms with Crippen LogP contribution in [-0.2, 0) is 9.84 Å². The van der Waals surface area contributed by atoms with Gasteiger partial charge in [0.25, 0.3) is 0 Å². The number of hydrogen-bond acceptors (Lipinski definition) is 4. The SMILES string of the molecule is CC(C)(C(=O)c1ccc(S(C)(=O)=O)cc1)N1CCCCC1. The summed E-state index contributed by atoms with van der Waals surface area (Å²) in [6.07, 6.45) is 4.65. The predicted octanol–water partition coefficient (Wildman–Crippen LogP) is 2.54. The van der Waals surface area contributed by atoms with E-state index in [9.17, 15) is 13.2 Å². The zero-order valence-corrected chi connectivity index (χ0v) is 13.7. The summed E-state index contributed by atoms with van der Waals surface area (Å²) in [5.41, 5.74) is 0.0190. The van der Waals surface area contributed by atoms with E-state index in [1.54, 1.807) is 12.1 Å². The number of likely N-dealkylation sites (tertiary alicyclic amines) is 1. The third-order valence-corrected chi connectivity index (χ3v) is 5.38. The van der Waals surface area contributed by atoms with Crippen LogP contribution in [-0.4, -0.2) is 44.0 Å². The van der Waals surface area contributed by atoms with E-state index in [0.717, 1.165) is 25.9 Å². The predicted molar refractivity (Wildman–Crippen MR) is 83.4 cm³/mol. The number of rotatable bonds is 4. The Morgan fingerprint density at radius 2 is 1.57 bits per heavy atom. The number of carbonyl (C=O) groups is 1. The lowest BCUT2D eigenvalue weighted by molar-refractivity contribution is 0.0579. The first-order valence-electron chi connectivity index (χ1n) is 7.33. The van der Waals surface area contributed by atoms with Crippen molar-refractivity contribution < 1.29 is 13.2 Å². The summed E-state index contributed by atoms with van der Waals surface area (Å²) >= 11 is 0. The minimum Gasteiger partial charge on any atom is -0.292 e. The number of hydrogen-bond donors (Lipinski definition) is 0. The minimum absolute atomic E-state index is 0.0458. The topological polar surface area (TPSA) is 54.5 Å². The molecule has 1 aliphatic rings. The summed E-state index contributed by atoms with van der Waals surface area (Å²) in [5, 5.41) is 0. The molecule has 0 spiro atoms. The van der Waals surface area contributed by atoms with Crippen LogP contribution in [0, 0.1) is 0 Å². The van der Waals surface area contributed by atoms with E-state index in [-0.39, 0.29) is 10.7 Å². The Balaban J connectivity index is 2.22. The molecule has 0 aromatic heterocycles. The maximum atomic E-state index is 12.7. The summed E-state index contributed by atoms with van der Waals surface area (Å²) in [5.74, 6) is 0.0458. The lowest BCUT2D eigenvalue weighted by atomic mass is 9.89. The molecule has 0 amide bonds. The molecule has 5 heteroatoms. The van der Waals surface area contributed by atoms with E-state index in [1.807, 2.05) is 13.8 Å². The molecule has 0 bridgehead atoms. The van der Waals surface area contributed by atoms with Crippen LogP contribution in [0.15, 0.2) is 29.2 Å². The summed E-state index contributed by atoms with van der Waals surface area (Å²) < 4.78 is 22.9. The van der Waals surface area contributed by atoms with Crippen molar-refractivity contribution in [1.82, 2.24) is 4.90 Å². The Morgan fingerprint density at radius 3 is 2.05 bits per heavy atom. The monoisotopic (exact) mass is 309 g/mol. The van der Waals surface area contributed by atoms with Gasteiger partial charge >= 0.3 is 0 Å². The van der Waals surface area contributed by atoms with Gasteiger partial charge in [0.1, 0.15) is 0 Å². The fourth-order valence-corrected chi connectivity index (χ4v) is 3.43. The highest BCUT2D eigenvalue weighted by atomic mass is 32.2. The number of ketones is 1. The van der Waals surface area contributed by atoms with Gasteiger partial charge in [0.2, 0.25) is 0 Å². The molecule has 1 heterocycles. The Hall–Kier alpha value is -1.20. The molecule has 1 aromatic rings. The molecular formula is C16H23NO3S. The third-order valence-electron chi connectivity index (χ3n) is 4.25. The van der Waals surface area contributed by atoms with Gasteiger partial charge in [-0.25, -0.2) is 8.42 Å². The second-order valence-electron chi connectivity index (χ2n) is 6.23. The van der Waals surface area contributed by atoms with Crippen molar-refractivity contribution >= 4 is 15.6 Å². The van der Waals surface area contributed by atoms with Crippen LogP contribution in [0.1, 0.15) is 43.5 Å². The maximum Gasteiger partial charge on any atom is 0.182 e. The van der Waals surface area contributed by atoms with E-state index in [1.165, 1.54) is 24.8 Å². The molecule has 1 fully saturated rings. The zero-order valence-electron chi connectivity index (χ0n) is 12.9. The van der Waals surface area contributed by atoms with Gasteiger partial charge in [-0.1, -0.05) is 18.6 Å². The number of piperidine rings is 1. The molecule has 0 N–H and O–H groups in total. The van der Waals surface area contributed by atoms with Gasteiger partial charge in [-0.15, -0.1) is 0 Å². The van der Waals surface area contributed by atoms with E-state index >= 15 is 0 Å². The summed E-state index contributed by atoms with van der Waals surface area (Å²) in [4.78, 5) is 15.2. The van der Waals surface area contributed by atoms with Crippen molar-refractivity contribution in [1.29, 1.82) is 0 Å². The van der Waals surface area contributed by atoms with Crippen molar-refractivity contribution in [3.05, 3.63) is 29.8 Å². The van der Waals surface area contributed by atoms with Crippen LogP contribution in [0.5, 0.6) is 0 Å². The largest absolute Gasteiger partial charge is 0.292 e. The van der Waals surface area contributed by atoms with Gasteiger partial charge in [-0.05, 0) is 51.9 Å². The number of nitrogens with zero attached hydrogens (tertiary/aromatic N) is 1. The van der Waals surface area contributed by atoms with Crippen LogP contribution in [0.2, 0.25) is 0 Å². The van der Waals surface area contributed by atoms with Crippen molar-refractivity contribution in [2.75, 3.05) is 19.3 Å². The van der Waals surface area contributed by atoms with Gasteiger partial charge in [0, 0.05) is 11.8 Å². The summed E-state index contributed by atoms with van der Waals surface area (Å²) in [6.45, 7) is 5.79. The number of sulfone groups is 1. The molecule has 0 unspecified atom stereocenters. The highest BCUT2D eigenvalue weighted by Gasteiger charge is 2.35. The van der Waals surface area contributed by atoms with Crippen LogP contribution in [0.25, 0.3) is 0 Å². The van der Waals surface area contributed by atoms with E-state index in [0.29, 0.717) is 5.56 Å². The number of Topliss-reactive ketones (excluding diaryl/α,β-unsaturated/α-hetero) is 1. The molecule has 0 aliphatic carbocycles. The van der Waals surface area contributed by atoms with Gasteiger partial charge in [-0.2, -0.15) is 0 Å². The Morgan fingerprint density at radius 1 is 1.05 bits per heavy atom. The molecule has 116 valence electrons. The molecule has 0 saturated carbocycles. The smallest absolute Gasteiger partial charge is 0.182 e. The van der Waals surface area contributed by atoms with Gasteiger partial charge in [0.05, 0.1) is 10.4 Å². The van der Waals surface area contributed by atoms with E-state index in [4.69, 9.17) is 0 Å². The Labute approximate surface area is 127 Å². The molecule has 0 radical (unpaired) electrons. The molecular weight excluding hydrogens is 286 g/mol. The molecule has 1 aliphatic heterocycles. The van der Waals surface area contributed by atoms with Crippen LogP contribution >= 0.6 is 0 Å². The van der Waals surface area contributed by atoms with Crippen molar-refractivity contribution in [3.63, 3.8) is 0 Å². The highest BCUT2D eigenvalue weighted by molar-refractivity contribution is 7.90. The van der Waals surface area contributed by atoms with Crippen LogP contribution in [0.4, 0.5) is 0 Å². The standard InChI is InChI=1S/C16H23NO3S/c1-16(2,17-11-5-4-6-12-17)15(18)13-7-9-14(10-8-13)21(3,19)20/h7-10H,4-6,11-12H2,1-3H3. The molecule has 1 saturated heterocycles. The maximum absolute atomic E-state index is 12.7. The van der Waals surface area contributed by atoms with Crippen molar-refractivity contribution in [2.45, 2.75) is 43.5 Å². The van der Waals surface area contributed by atoms with Crippen LogP contribution < -0.4 is 0 Å². The molecule has 2 rings (SSSR count). The van der Waals surface area contributed by atoms with Gasteiger partial charge in [-0.3, -0.25) is 9.69 Å². The van der Waals surface area contributed by atoms with Crippen molar-refractivity contribution in [2.24, 2.45) is 0 Å². The average molecular weight is 309 g/mol. The summed E-state index contributed by atoms with van der Waals surface area (Å²) in [7, 11) is -3.22. The quantitative estimate of drug-likeness (QED) is 0.802. The summed E-state index contributed by atoms with van der Waals surface area (Å²) in [6, 6.07) is 6.25. The Kier molecular flexibility index (Phi) is 4.54. The molecule has 1 aromatic carbocycles. The first kappa shape index (κ1) is 16.2. The van der Waals surface area contributed by atoms with Crippen molar-refractivity contribution in [3.8, 4) is 0 Å². The Bertz CT molecular complexity index is 611. The average Bonchev–Trinajstić information content (AvgIpc) is 2.46. The normalized spacial score (nSPS) is 17.7. The highest BCUT2D eigenvalue weighted by Crippen LogP contribution is 2.25. The lowest BCUT2D eigenvalue weighted by Crippen LogP contribution is -2.52. The third kappa shape index (κ3) is 3.52. The first-order valence-corrected chi connectivity index (χ1v) is 9.22. The van der Waals surface area contributed by atoms with E-state index < -0.39 is 15.4 Å². The number of carbonyl (C=O) groups excluding carboxylic acids is 1. The van der Waals surface area contributed by atoms with Crippen LogP contribution in [0.3, 0.4) is 0 Å². The number of benzene rings is 1. The lowest BCUT2D eigenvalue weighted by Gasteiger charge is -2.39. The molecule has 21 heavy (non-hydrogen) atoms. The zero-order chi connectivity index (χ0) is 15.7. The van der Waals surface area contributed by atoms with Gasteiger partial charge < -0.3 is 0 Å². The fraction of sp³-hybridized carbons (Fsp3) is 0.562.